The van der Waals surface area contributed by atoms with Crippen molar-refractivity contribution in [2.24, 2.45) is 11.8 Å². The van der Waals surface area contributed by atoms with Gasteiger partial charge in [0.1, 0.15) is 17.4 Å². The summed E-state index contributed by atoms with van der Waals surface area (Å²) >= 11 is 0. The van der Waals surface area contributed by atoms with E-state index in [-0.39, 0.29) is 29.2 Å². The minimum Gasteiger partial charge on any atom is -0.450 e. The minimum absolute atomic E-state index is 0.0867. The predicted octanol–water partition coefficient (Wildman–Crippen LogP) is 7.10. The molecule has 1 unspecified atom stereocenters. The van der Waals surface area contributed by atoms with Crippen LogP contribution in [0.1, 0.15) is 88.4 Å². The van der Waals surface area contributed by atoms with E-state index >= 15 is 0 Å². The zero-order valence-corrected chi connectivity index (χ0v) is 21.0. The number of carbonyl (C=O) groups is 3. The van der Waals surface area contributed by atoms with E-state index < -0.39 is 17.9 Å². The van der Waals surface area contributed by atoms with Gasteiger partial charge >= 0.3 is 5.97 Å². The second-order valence-corrected chi connectivity index (χ2v) is 9.89. The maximum absolute atomic E-state index is 13.3. The van der Waals surface area contributed by atoms with Crippen molar-refractivity contribution >= 4 is 17.5 Å². The number of carbonyl (C=O) groups excluding carboxylic acids is 3. The fourth-order valence-electron chi connectivity index (χ4n) is 5.14. The van der Waals surface area contributed by atoms with Crippen molar-refractivity contribution in [3.05, 3.63) is 71.3 Å². The Morgan fingerprint density at radius 2 is 1.36 bits per heavy atom. The van der Waals surface area contributed by atoms with Crippen molar-refractivity contribution in [2.75, 3.05) is 0 Å². The molecule has 2 aromatic carbocycles. The summed E-state index contributed by atoms with van der Waals surface area (Å²) in [6, 6.07) is 12.1. The maximum Gasteiger partial charge on any atom is 0.303 e. The number of Topliss-reactive ketones (excluding diaryl/α,β-unsaturated/α-hetero) is 2. The summed E-state index contributed by atoms with van der Waals surface area (Å²) in [6.45, 7) is 1.26. The fourth-order valence-corrected chi connectivity index (χ4v) is 5.14. The van der Waals surface area contributed by atoms with Crippen molar-refractivity contribution in [1.29, 1.82) is 0 Å². The Kier molecular flexibility index (Phi) is 10.8. The van der Waals surface area contributed by atoms with E-state index in [2.05, 4.69) is 0 Å². The molecule has 0 amide bonds. The molecular formula is C30H36F2O4. The molecule has 4 rings (SSSR count). The Morgan fingerprint density at radius 3 is 1.92 bits per heavy atom. The zero-order valence-electron chi connectivity index (χ0n) is 21.0. The number of benzene rings is 2. The lowest BCUT2D eigenvalue weighted by Crippen LogP contribution is -2.27. The highest BCUT2D eigenvalue weighted by Crippen LogP contribution is 2.31. The van der Waals surface area contributed by atoms with Crippen molar-refractivity contribution in [1.82, 2.24) is 0 Å². The van der Waals surface area contributed by atoms with E-state index in [4.69, 9.17) is 4.74 Å². The van der Waals surface area contributed by atoms with Gasteiger partial charge in [-0.1, -0.05) is 62.8 Å². The molecule has 6 heteroatoms. The highest BCUT2D eigenvalue weighted by Gasteiger charge is 2.31. The average Bonchev–Trinajstić information content (AvgIpc) is 2.88. The van der Waals surface area contributed by atoms with E-state index in [1.165, 1.54) is 56.5 Å². The monoisotopic (exact) mass is 498 g/mol. The molecular weight excluding hydrogens is 462 g/mol. The van der Waals surface area contributed by atoms with Gasteiger partial charge in [0.15, 0.2) is 11.9 Å². The van der Waals surface area contributed by atoms with Crippen LogP contribution in [-0.2, 0) is 25.5 Å². The van der Waals surface area contributed by atoms with Crippen LogP contribution in [0, 0.1) is 23.5 Å². The third-order valence-corrected chi connectivity index (χ3v) is 7.03. The van der Waals surface area contributed by atoms with Crippen molar-refractivity contribution in [3.8, 4) is 0 Å². The Balaban J connectivity index is 0.000000205. The SMILES string of the molecule is CC(=O)OC(C(=O)C1CCCCC1)c1cccc(F)c1.O=C(Cc1cccc(F)c1)C1CCCCC1. The lowest BCUT2D eigenvalue weighted by Gasteiger charge is -2.25. The van der Waals surface area contributed by atoms with Gasteiger partial charge in [0.2, 0.25) is 0 Å². The van der Waals surface area contributed by atoms with Crippen molar-refractivity contribution in [2.45, 2.75) is 83.7 Å². The van der Waals surface area contributed by atoms with E-state index in [0.717, 1.165) is 50.5 Å². The first-order chi connectivity index (χ1) is 17.3. The molecule has 0 aromatic heterocycles. The summed E-state index contributed by atoms with van der Waals surface area (Å²) < 4.78 is 31.4. The molecule has 2 aliphatic carbocycles. The molecule has 0 N–H and O–H groups in total. The summed E-state index contributed by atoms with van der Waals surface area (Å²) in [6.07, 6.45) is 9.87. The van der Waals surface area contributed by atoms with Gasteiger partial charge in [-0.2, -0.15) is 0 Å². The first-order valence-corrected chi connectivity index (χ1v) is 13.1. The second-order valence-electron chi connectivity index (χ2n) is 9.89. The average molecular weight is 499 g/mol. The molecule has 0 saturated heterocycles. The van der Waals surface area contributed by atoms with Crippen LogP contribution in [0.4, 0.5) is 8.78 Å². The Labute approximate surface area is 212 Å². The topological polar surface area (TPSA) is 60.4 Å². The number of hydrogen-bond acceptors (Lipinski definition) is 4. The lowest BCUT2D eigenvalue weighted by atomic mass is 9.83. The Hall–Kier alpha value is -2.89. The van der Waals surface area contributed by atoms with Crippen LogP contribution in [0.25, 0.3) is 0 Å². The quantitative estimate of drug-likeness (QED) is 0.382. The summed E-state index contributed by atoms with van der Waals surface area (Å²) in [5.41, 5.74) is 1.21. The number of halogens is 2. The molecule has 2 saturated carbocycles. The highest BCUT2D eigenvalue weighted by atomic mass is 19.1. The van der Waals surface area contributed by atoms with Crippen LogP contribution >= 0.6 is 0 Å². The fraction of sp³-hybridized carbons (Fsp3) is 0.500. The number of ether oxygens (including phenoxy) is 1. The van der Waals surface area contributed by atoms with E-state index in [1.54, 1.807) is 12.1 Å². The standard InChI is InChI=1S/C16H19FO3.C14H17FO/c1-11(18)20-16(13-8-5-9-14(17)10-13)15(19)12-6-3-2-4-7-12;15-13-8-4-5-11(9-13)10-14(16)12-6-2-1-3-7-12/h5,8-10,12,16H,2-4,6-7H2,1H3;4-5,8-9,12H,1-3,6-7,10H2. The summed E-state index contributed by atoms with van der Waals surface area (Å²) in [5.74, 6) is -0.905. The summed E-state index contributed by atoms with van der Waals surface area (Å²) in [4.78, 5) is 35.7. The molecule has 2 aliphatic rings. The van der Waals surface area contributed by atoms with Gasteiger partial charge in [-0.05, 0) is 55.5 Å². The van der Waals surface area contributed by atoms with Gasteiger partial charge < -0.3 is 4.74 Å². The molecule has 0 radical (unpaired) electrons. The third-order valence-electron chi connectivity index (χ3n) is 7.03. The first kappa shape index (κ1) is 27.7. The van der Waals surface area contributed by atoms with E-state index in [9.17, 15) is 23.2 Å². The third kappa shape index (κ3) is 8.65. The van der Waals surface area contributed by atoms with Crippen LogP contribution in [0.2, 0.25) is 0 Å². The molecule has 0 heterocycles. The maximum atomic E-state index is 13.3. The number of hydrogen-bond donors (Lipinski definition) is 0. The van der Waals surface area contributed by atoms with E-state index in [1.807, 2.05) is 6.07 Å². The van der Waals surface area contributed by atoms with Crippen molar-refractivity contribution < 1.29 is 27.9 Å². The molecule has 0 spiro atoms. The van der Waals surface area contributed by atoms with Crippen LogP contribution < -0.4 is 0 Å². The smallest absolute Gasteiger partial charge is 0.303 e. The number of rotatable bonds is 7. The van der Waals surface area contributed by atoms with Crippen LogP contribution in [0.3, 0.4) is 0 Å². The largest absolute Gasteiger partial charge is 0.450 e. The lowest BCUT2D eigenvalue weighted by molar-refractivity contribution is -0.155. The molecule has 2 aromatic rings. The molecule has 0 bridgehead atoms. The second kappa shape index (κ2) is 14.0. The molecule has 194 valence electrons. The van der Waals surface area contributed by atoms with Gasteiger partial charge in [0.25, 0.3) is 0 Å². The number of ketones is 2. The van der Waals surface area contributed by atoms with Crippen LogP contribution in [0.5, 0.6) is 0 Å². The Morgan fingerprint density at radius 1 is 0.806 bits per heavy atom. The zero-order chi connectivity index (χ0) is 25.9. The molecule has 4 nitrogen and oxygen atoms in total. The molecule has 2 fully saturated rings. The van der Waals surface area contributed by atoms with Crippen LogP contribution in [-0.4, -0.2) is 17.5 Å². The summed E-state index contributed by atoms with van der Waals surface area (Å²) in [5, 5.41) is 0. The van der Waals surface area contributed by atoms with Crippen molar-refractivity contribution in [3.63, 3.8) is 0 Å². The highest BCUT2D eigenvalue weighted by molar-refractivity contribution is 5.88. The summed E-state index contributed by atoms with van der Waals surface area (Å²) in [7, 11) is 0. The van der Waals surface area contributed by atoms with E-state index in [0.29, 0.717) is 12.0 Å². The molecule has 0 aliphatic heterocycles. The molecule has 1 atom stereocenters. The minimum atomic E-state index is -0.980. The first-order valence-electron chi connectivity index (χ1n) is 13.1. The number of esters is 1. The van der Waals surface area contributed by atoms with Gasteiger partial charge in [0, 0.05) is 30.7 Å². The van der Waals surface area contributed by atoms with Gasteiger partial charge in [-0.25, -0.2) is 8.78 Å². The van der Waals surface area contributed by atoms with Crippen LogP contribution in [0.15, 0.2) is 48.5 Å². The normalized spacial score (nSPS) is 17.4. The predicted molar refractivity (Wildman–Crippen MR) is 134 cm³/mol. The molecule has 36 heavy (non-hydrogen) atoms. The van der Waals surface area contributed by atoms with Gasteiger partial charge in [-0.15, -0.1) is 0 Å². The van der Waals surface area contributed by atoms with Gasteiger partial charge in [-0.3, -0.25) is 14.4 Å². The van der Waals surface area contributed by atoms with Gasteiger partial charge in [0.05, 0.1) is 0 Å². The Bertz CT molecular complexity index is 1020.